The Morgan fingerprint density at radius 2 is 1.11 bits per heavy atom. The Morgan fingerprint density at radius 1 is 0.694 bits per heavy atom. The van der Waals surface area contributed by atoms with Gasteiger partial charge in [0.15, 0.2) is 0 Å². The second kappa shape index (κ2) is 10.1. The maximum atomic E-state index is 13.6. The van der Waals surface area contributed by atoms with Crippen LogP contribution in [-0.2, 0) is 20.9 Å². The third-order valence-electron chi connectivity index (χ3n) is 5.75. The predicted octanol–water partition coefficient (Wildman–Crippen LogP) is 6.11. The molecule has 0 spiro atoms. The van der Waals surface area contributed by atoms with Crippen molar-refractivity contribution in [3.63, 3.8) is 0 Å². The molecular formula is C28H31ClN2O4S. The van der Waals surface area contributed by atoms with Crippen LogP contribution in [0.4, 0.5) is 0 Å². The van der Waals surface area contributed by atoms with Gasteiger partial charge in [0.05, 0.1) is 4.90 Å². The summed E-state index contributed by atoms with van der Waals surface area (Å²) in [5.41, 5.74) is 4.15. The highest BCUT2D eigenvalue weighted by molar-refractivity contribution is 7.89. The number of hydrogen-bond acceptors (Lipinski definition) is 4. The van der Waals surface area contributed by atoms with Gasteiger partial charge in [0.1, 0.15) is 0 Å². The van der Waals surface area contributed by atoms with E-state index in [-0.39, 0.29) is 26.9 Å². The Balaban J connectivity index is 2.03. The molecule has 1 N–H and O–H groups in total. The van der Waals surface area contributed by atoms with E-state index in [1.165, 1.54) is 36.4 Å². The van der Waals surface area contributed by atoms with E-state index in [1.807, 2.05) is 41.5 Å². The zero-order valence-corrected chi connectivity index (χ0v) is 22.9. The molecule has 0 fully saturated rings. The van der Waals surface area contributed by atoms with Crippen LogP contribution in [-0.4, -0.2) is 24.6 Å². The fourth-order valence-corrected chi connectivity index (χ4v) is 4.78. The molecule has 3 aromatic carbocycles. The summed E-state index contributed by atoms with van der Waals surface area (Å²) < 4.78 is 27.7. The largest absolute Gasteiger partial charge is 0.286 e. The van der Waals surface area contributed by atoms with Gasteiger partial charge >= 0.3 is 0 Å². The molecule has 0 aliphatic rings. The molecule has 3 aromatic rings. The number of sulfonamides is 1. The van der Waals surface area contributed by atoms with E-state index in [1.54, 1.807) is 36.4 Å². The predicted molar refractivity (Wildman–Crippen MR) is 143 cm³/mol. The number of rotatable bonds is 4. The lowest BCUT2D eigenvalue weighted by Crippen LogP contribution is -2.49. The Bertz CT molecular complexity index is 1350. The maximum absolute atomic E-state index is 13.6. The normalized spacial score (nSPS) is 12.2. The first-order valence-corrected chi connectivity index (χ1v) is 13.3. The van der Waals surface area contributed by atoms with E-state index >= 15 is 0 Å². The van der Waals surface area contributed by atoms with E-state index < -0.39 is 21.8 Å². The van der Waals surface area contributed by atoms with Crippen LogP contribution in [0.5, 0.6) is 0 Å². The van der Waals surface area contributed by atoms with Crippen molar-refractivity contribution < 1.29 is 18.0 Å². The molecule has 6 nitrogen and oxygen atoms in total. The van der Waals surface area contributed by atoms with Crippen LogP contribution in [0.1, 0.15) is 73.4 Å². The van der Waals surface area contributed by atoms with E-state index in [2.05, 4.69) is 5.43 Å². The molecule has 190 valence electrons. The van der Waals surface area contributed by atoms with E-state index in [4.69, 9.17) is 11.6 Å². The topological polar surface area (TPSA) is 83.6 Å². The second-order valence-corrected chi connectivity index (χ2v) is 12.8. The fraction of sp³-hybridized carbons (Fsp3) is 0.286. The van der Waals surface area contributed by atoms with Crippen molar-refractivity contribution in [2.45, 2.75) is 57.3 Å². The average Bonchev–Trinajstić information content (AvgIpc) is 2.81. The summed E-state index contributed by atoms with van der Waals surface area (Å²) in [6.07, 6.45) is 0. The van der Waals surface area contributed by atoms with Crippen LogP contribution in [0, 0.1) is 0 Å². The third-order valence-corrected chi connectivity index (χ3v) is 7.61. The van der Waals surface area contributed by atoms with Crippen molar-refractivity contribution in [3.8, 4) is 0 Å². The van der Waals surface area contributed by atoms with Crippen LogP contribution in [0.15, 0.2) is 77.7 Å². The first kappa shape index (κ1) is 27.4. The summed E-state index contributed by atoms with van der Waals surface area (Å²) in [4.78, 5) is 26.3. The van der Waals surface area contributed by atoms with Crippen molar-refractivity contribution in [1.82, 2.24) is 9.84 Å². The van der Waals surface area contributed by atoms with Crippen molar-refractivity contribution in [2.24, 2.45) is 0 Å². The number of nitrogens with one attached hydrogen (secondary N) is 1. The van der Waals surface area contributed by atoms with Gasteiger partial charge in [-0.15, -0.1) is 4.41 Å². The zero-order valence-electron chi connectivity index (χ0n) is 21.3. The van der Waals surface area contributed by atoms with Gasteiger partial charge in [-0.3, -0.25) is 9.59 Å². The van der Waals surface area contributed by atoms with Gasteiger partial charge in [0.25, 0.3) is 21.8 Å². The number of amides is 2. The third kappa shape index (κ3) is 6.15. The maximum Gasteiger partial charge on any atom is 0.286 e. The summed E-state index contributed by atoms with van der Waals surface area (Å²) in [6, 6.07) is 18.9. The van der Waals surface area contributed by atoms with Gasteiger partial charge in [-0.2, -0.15) is 8.42 Å². The van der Waals surface area contributed by atoms with Crippen molar-refractivity contribution in [1.29, 1.82) is 0 Å². The van der Waals surface area contributed by atoms with E-state index in [0.717, 1.165) is 11.1 Å². The molecule has 0 aliphatic heterocycles. The molecule has 0 bridgehead atoms. The number of carbonyl (C=O) groups excluding carboxylic acids is 2. The van der Waals surface area contributed by atoms with Crippen LogP contribution >= 0.6 is 11.6 Å². The summed E-state index contributed by atoms with van der Waals surface area (Å²) in [5, 5.41) is 0.421. The first-order chi connectivity index (χ1) is 16.6. The molecule has 3 rings (SSSR count). The lowest BCUT2D eigenvalue weighted by Gasteiger charge is -2.24. The van der Waals surface area contributed by atoms with Gasteiger partial charge in [0, 0.05) is 16.1 Å². The molecule has 8 heteroatoms. The molecule has 0 radical (unpaired) electrons. The van der Waals surface area contributed by atoms with Crippen molar-refractivity contribution in [3.05, 3.63) is 100 Å². The molecule has 2 amide bonds. The quantitative estimate of drug-likeness (QED) is 0.416. The molecule has 0 unspecified atom stereocenters. The average molecular weight is 527 g/mol. The highest BCUT2D eigenvalue weighted by Crippen LogP contribution is 2.26. The molecular weight excluding hydrogens is 496 g/mol. The first-order valence-electron chi connectivity index (χ1n) is 11.5. The van der Waals surface area contributed by atoms with E-state index in [0.29, 0.717) is 9.44 Å². The molecule has 0 heterocycles. The second-order valence-electron chi connectivity index (χ2n) is 10.6. The van der Waals surface area contributed by atoms with Gasteiger partial charge in [0.2, 0.25) is 0 Å². The lowest BCUT2D eigenvalue weighted by molar-refractivity contribution is 0.0724. The van der Waals surface area contributed by atoms with Gasteiger partial charge in [-0.25, -0.2) is 5.43 Å². The summed E-state index contributed by atoms with van der Waals surface area (Å²) in [5.74, 6) is -1.64. The minimum atomic E-state index is -4.43. The number of halogens is 1. The highest BCUT2D eigenvalue weighted by atomic mass is 35.5. The van der Waals surface area contributed by atoms with Gasteiger partial charge < -0.3 is 0 Å². The van der Waals surface area contributed by atoms with Crippen LogP contribution in [0.2, 0.25) is 5.02 Å². The number of benzene rings is 3. The Kier molecular flexibility index (Phi) is 7.67. The molecule has 0 aromatic heterocycles. The Labute approximate surface area is 218 Å². The molecule has 36 heavy (non-hydrogen) atoms. The minimum Gasteiger partial charge on any atom is -0.267 e. The van der Waals surface area contributed by atoms with Crippen molar-refractivity contribution in [2.75, 3.05) is 0 Å². The Morgan fingerprint density at radius 3 is 1.56 bits per heavy atom. The number of hydrazine groups is 1. The summed E-state index contributed by atoms with van der Waals surface area (Å²) in [7, 11) is -4.43. The van der Waals surface area contributed by atoms with Gasteiger partial charge in [-0.1, -0.05) is 77.4 Å². The summed E-state index contributed by atoms with van der Waals surface area (Å²) in [6.45, 7) is 12.1. The summed E-state index contributed by atoms with van der Waals surface area (Å²) >= 11 is 5.90. The van der Waals surface area contributed by atoms with Crippen molar-refractivity contribution >= 4 is 33.4 Å². The molecule has 0 saturated carbocycles. The smallest absolute Gasteiger partial charge is 0.267 e. The highest BCUT2D eigenvalue weighted by Gasteiger charge is 2.33. The SMILES string of the molecule is CC(C)(C)c1ccc(C(=O)N(NC(=O)c2ccc(Cl)cc2)S(=O)(=O)c2ccc(C(C)(C)C)cc2)cc1. The molecule has 0 atom stereocenters. The standard InChI is InChI=1S/C28H31ClN2O4S/c1-27(2,3)21-11-7-20(8-12-21)26(33)31(30-25(32)19-9-15-23(29)16-10-19)36(34,35)24-17-13-22(14-18-24)28(4,5)6/h7-18H,1-6H3,(H,30,32). The number of carbonyl (C=O) groups is 2. The molecule has 0 saturated heterocycles. The van der Waals surface area contributed by atoms with Crippen LogP contribution in [0.3, 0.4) is 0 Å². The monoisotopic (exact) mass is 526 g/mol. The molecule has 0 aliphatic carbocycles. The Hall–Kier alpha value is -3.16. The fourth-order valence-electron chi connectivity index (χ4n) is 3.44. The number of hydrogen-bond donors (Lipinski definition) is 1. The lowest BCUT2D eigenvalue weighted by atomic mass is 9.87. The van der Waals surface area contributed by atoms with Crippen LogP contribution < -0.4 is 5.43 Å². The minimum absolute atomic E-state index is 0.119. The number of nitrogens with zero attached hydrogens (tertiary/aromatic N) is 1. The zero-order chi connectivity index (χ0) is 26.9. The van der Waals surface area contributed by atoms with E-state index in [9.17, 15) is 18.0 Å². The van der Waals surface area contributed by atoms with Gasteiger partial charge in [-0.05, 0) is 70.5 Å². The van der Waals surface area contributed by atoms with Crippen LogP contribution in [0.25, 0.3) is 0 Å².